The van der Waals surface area contributed by atoms with Crippen molar-refractivity contribution in [2.45, 2.75) is 19.4 Å². The molecule has 2 amide bonds. The summed E-state index contributed by atoms with van der Waals surface area (Å²) in [5.74, 6) is 0.320. The number of hydrogen-bond acceptors (Lipinski definition) is 4. The summed E-state index contributed by atoms with van der Waals surface area (Å²) in [5.41, 5.74) is 0.653. The lowest BCUT2D eigenvalue weighted by molar-refractivity contribution is -0.129. The van der Waals surface area contributed by atoms with Crippen LogP contribution in [0.2, 0.25) is 0 Å². The minimum absolute atomic E-state index is 0.0170. The molecule has 1 aliphatic heterocycles. The molecule has 22 heavy (non-hydrogen) atoms. The van der Waals surface area contributed by atoms with Crippen LogP contribution in [-0.4, -0.2) is 56.5 Å². The number of nitrogens with zero attached hydrogens (tertiary/aromatic N) is 2. The van der Waals surface area contributed by atoms with E-state index in [9.17, 15) is 9.59 Å². The second-order valence-electron chi connectivity index (χ2n) is 5.56. The summed E-state index contributed by atoms with van der Waals surface area (Å²) in [5, 5.41) is 2.83. The molecule has 0 aliphatic carbocycles. The molecular formula is C16H23N3O3. The molecule has 0 saturated carbocycles. The molecule has 0 aromatic heterocycles. The Hall–Kier alpha value is -2.08. The van der Waals surface area contributed by atoms with E-state index in [1.165, 1.54) is 4.90 Å². The SMILES string of the molecule is CCC1Oc2ccccc2N(CC(=O)NCCN(C)C)C1=O. The normalized spacial score (nSPS) is 17.2. The molecule has 1 aromatic rings. The largest absolute Gasteiger partial charge is 0.478 e. The van der Waals surface area contributed by atoms with Crippen molar-refractivity contribution in [3.8, 4) is 5.75 Å². The van der Waals surface area contributed by atoms with Gasteiger partial charge in [-0.2, -0.15) is 0 Å². The average Bonchev–Trinajstić information content (AvgIpc) is 2.49. The van der Waals surface area contributed by atoms with Crippen molar-refractivity contribution in [2.24, 2.45) is 0 Å². The molecule has 0 bridgehead atoms. The minimum Gasteiger partial charge on any atom is -0.478 e. The molecule has 6 heteroatoms. The summed E-state index contributed by atoms with van der Waals surface area (Å²) in [4.78, 5) is 28.0. The number of amides is 2. The molecule has 6 nitrogen and oxygen atoms in total. The summed E-state index contributed by atoms with van der Waals surface area (Å²) in [6, 6.07) is 7.31. The van der Waals surface area contributed by atoms with Gasteiger partial charge in [0.15, 0.2) is 6.10 Å². The van der Waals surface area contributed by atoms with Crippen LogP contribution in [0.15, 0.2) is 24.3 Å². The van der Waals surface area contributed by atoms with E-state index >= 15 is 0 Å². The predicted molar refractivity (Wildman–Crippen MR) is 85.1 cm³/mol. The van der Waals surface area contributed by atoms with Crippen LogP contribution >= 0.6 is 0 Å². The quantitative estimate of drug-likeness (QED) is 0.847. The van der Waals surface area contributed by atoms with E-state index in [2.05, 4.69) is 5.32 Å². The lowest BCUT2D eigenvalue weighted by Gasteiger charge is -2.33. The first kappa shape index (κ1) is 16.3. The number of nitrogens with one attached hydrogen (secondary N) is 1. The van der Waals surface area contributed by atoms with Gasteiger partial charge in [0.25, 0.3) is 5.91 Å². The van der Waals surface area contributed by atoms with Crippen LogP contribution in [0.4, 0.5) is 5.69 Å². The number of anilines is 1. The summed E-state index contributed by atoms with van der Waals surface area (Å²) in [6.07, 6.45) is 0.0517. The van der Waals surface area contributed by atoms with Gasteiger partial charge < -0.3 is 15.0 Å². The van der Waals surface area contributed by atoms with Crippen LogP contribution in [0, 0.1) is 0 Å². The van der Waals surface area contributed by atoms with Crippen LogP contribution in [0.3, 0.4) is 0 Å². The van der Waals surface area contributed by atoms with Crippen LogP contribution in [0.5, 0.6) is 5.75 Å². The molecule has 0 spiro atoms. The number of rotatable bonds is 6. The van der Waals surface area contributed by atoms with E-state index in [1.807, 2.05) is 44.1 Å². The van der Waals surface area contributed by atoms with Gasteiger partial charge >= 0.3 is 0 Å². The fourth-order valence-corrected chi connectivity index (χ4v) is 2.32. The van der Waals surface area contributed by atoms with Crippen LogP contribution in [-0.2, 0) is 9.59 Å². The smallest absolute Gasteiger partial charge is 0.268 e. The Labute approximate surface area is 131 Å². The van der Waals surface area contributed by atoms with Gasteiger partial charge in [-0.1, -0.05) is 19.1 Å². The van der Waals surface area contributed by atoms with E-state index in [0.717, 1.165) is 6.54 Å². The zero-order valence-electron chi connectivity index (χ0n) is 13.3. The fraction of sp³-hybridized carbons (Fsp3) is 0.500. The predicted octanol–water partition coefficient (Wildman–Crippen LogP) is 0.868. The number of hydrogen-bond donors (Lipinski definition) is 1. The molecule has 0 fully saturated rings. The Bertz CT molecular complexity index is 545. The highest BCUT2D eigenvalue weighted by Gasteiger charge is 2.33. The zero-order chi connectivity index (χ0) is 16.1. The monoisotopic (exact) mass is 305 g/mol. The highest BCUT2D eigenvalue weighted by atomic mass is 16.5. The van der Waals surface area contributed by atoms with E-state index in [-0.39, 0.29) is 18.4 Å². The highest BCUT2D eigenvalue weighted by Crippen LogP contribution is 2.34. The van der Waals surface area contributed by atoms with Gasteiger partial charge in [-0.3, -0.25) is 14.5 Å². The van der Waals surface area contributed by atoms with Gasteiger partial charge in [0.1, 0.15) is 12.3 Å². The van der Waals surface area contributed by atoms with Gasteiger partial charge in [0.2, 0.25) is 5.91 Å². The number of benzene rings is 1. The molecule has 1 aromatic carbocycles. The standard InChI is InChI=1S/C16H23N3O3/c1-4-13-16(21)19(11-15(20)17-9-10-18(2)3)12-7-5-6-8-14(12)22-13/h5-8,13H,4,9-11H2,1-3H3,(H,17,20). The number of para-hydroxylation sites is 2. The van der Waals surface area contributed by atoms with Crippen molar-refractivity contribution in [1.82, 2.24) is 10.2 Å². The third kappa shape index (κ3) is 3.76. The molecule has 0 saturated heterocycles. The van der Waals surface area contributed by atoms with Crippen molar-refractivity contribution in [1.29, 1.82) is 0 Å². The van der Waals surface area contributed by atoms with Gasteiger partial charge in [0, 0.05) is 13.1 Å². The van der Waals surface area contributed by atoms with Crippen molar-refractivity contribution in [3.05, 3.63) is 24.3 Å². The Morgan fingerprint density at radius 3 is 2.77 bits per heavy atom. The maximum atomic E-state index is 12.4. The first-order chi connectivity index (χ1) is 10.5. The maximum Gasteiger partial charge on any atom is 0.268 e. The molecule has 2 rings (SSSR count). The Kier molecular flexibility index (Phi) is 5.38. The molecule has 1 N–H and O–H groups in total. The van der Waals surface area contributed by atoms with Crippen molar-refractivity contribution in [2.75, 3.05) is 38.6 Å². The first-order valence-electron chi connectivity index (χ1n) is 7.51. The summed E-state index contributed by atoms with van der Waals surface area (Å²) >= 11 is 0. The fourth-order valence-electron chi connectivity index (χ4n) is 2.32. The number of likely N-dealkylation sites (N-methyl/N-ethyl adjacent to an activating group) is 1. The lowest BCUT2D eigenvalue weighted by atomic mass is 10.1. The van der Waals surface area contributed by atoms with Gasteiger partial charge in [-0.05, 0) is 32.6 Å². The average molecular weight is 305 g/mol. The van der Waals surface area contributed by atoms with Crippen LogP contribution < -0.4 is 15.0 Å². The molecule has 1 aliphatic rings. The molecule has 1 heterocycles. The first-order valence-corrected chi connectivity index (χ1v) is 7.51. The molecular weight excluding hydrogens is 282 g/mol. The second-order valence-corrected chi connectivity index (χ2v) is 5.56. The van der Waals surface area contributed by atoms with E-state index < -0.39 is 6.10 Å². The number of ether oxygens (including phenoxy) is 1. The Balaban J connectivity index is 2.07. The molecule has 120 valence electrons. The van der Waals surface area contributed by atoms with Gasteiger partial charge in [0.05, 0.1) is 5.69 Å². The highest BCUT2D eigenvalue weighted by molar-refractivity contribution is 6.03. The molecule has 1 atom stereocenters. The Morgan fingerprint density at radius 1 is 1.36 bits per heavy atom. The zero-order valence-corrected chi connectivity index (χ0v) is 13.3. The van der Waals surface area contributed by atoms with Crippen molar-refractivity contribution < 1.29 is 14.3 Å². The number of carbonyl (C=O) groups excluding carboxylic acids is 2. The van der Waals surface area contributed by atoms with Gasteiger partial charge in [-0.15, -0.1) is 0 Å². The number of fused-ring (bicyclic) bond motifs is 1. The van der Waals surface area contributed by atoms with Crippen molar-refractivity contribution >= 4 is 17.5 Å². The van der Waals surface area contributed by atoms with Crippen molar-refractivity contribution in [3.63, 3.8) is 0 Å². The van der Waals surface area contributed by atoms with Gasteiger partial charge in [-0.25, -0.2) is 0 Å². The Morgan fingerprint density at radius 2 is 2.09 bits per heavy atom. The minimum atomic E-state index is -0.524. The third-order valence-corrected chi connectivity index (χ3v) is 3.52. The molecule has 1 unspecified atom stereocenters. The van der Waals surface area contributed by atoms with E-state index in [4.69, 9.17) is 4.74 Å². The lowest BCUT2D eigenvalue weighted by Crippen LogP contribution is -2.50. The van der Waals surface area contributed by atoms with Crippen LogP contribution in [0.1, 0.15) is 13.3 Å². The summed E-state index contributed by atoms with van der Waals surface area (Å²) < 4.78 is 5.69. The van der Waals surface area contributed by atoms with E-state index in [1.54, 1.807) is 6.07 Å². The number of carbonyl (C=O) groups is 2. The van der Waals surface area contributed by atoms with Crippen LogP contribution in [0.25, 0.3) is 0 Å². The molecule has 0 radical (unpaired) electrons. The van der Waals surface area contributed by atoms with E-state index in [0.29, 0.717) is 24.4 Å². The third-order valence-electron chi connectivity index (χ3n) is 3.52. The topological polar surface area (TPSA) is 61.9 Å². The maximum absolute atomic E-state index is 12.4. The second kappa shape index (κ2) is 7.26. The summed E-state index contributed by atoms with van der Waals surface area (Å²) in [6.45, 7) is 3.23. The summed E-state index contributed by atoms with van der Waals surface area (Å²) in [7, 11) is 3.89.